The van der Waals surface area contributed by atoms with Crippen LogP contribution in [0.1, 0.15) is 18.1 Å². The van der Waals surface area contributed by atoms with Crippen molar-refractivity contribution in [2.45, 2.75) is 20.1 Å². The van der Waals surface area contributed by atoms with E-state index in [0.29, 0.717) is 30.3 Å². The van der Waals surface area contributed by atoms with Crippen LogP contribution in [0.15, 0.2) is 60.7 Å². The molecule has 0 bridgehead atoms. The number of nitro groups is 1. The van der Waals surface area contributed by atoms with Crippen LogP contribution in [0.4, 0.5) is 15.8 Å². The van der Waals surface area contributed by atoms with Gasteiger partial charge < -0.3 is 14.8 Å². The van der Waals surface area contributed by atoms with E-state index in [1.807, 2.05) is 19.1 Å². The van der Waals surface area contributed by atoms with Gasteiger partial charge in [-0.2, -0.15) is 0 Å². The van der Waals surface area contributed by atoms with E-state index < -0.39 is 4.92 Å². The molecule has 3 rings (SSSR count). The van der Waals surface area contributed by atoms with Gasteiger partial charge >= 0.3 is 0 Å². The molecule has 30 heavy (non-hydrogen) atoms. The highest BCUT2D eigenvalue weighted by molar-refractivity contribution is 14.1. The summed E-state index contributed by atoms with van der Waals surface area (Å²) in [5, 5.41) is 14.1. The van der Waals surface area contributed by atoms with Gasteiger partial charge in [0.1, 0.15) is 12.4 Å². The minimum absolute atomic E-state index is 0.0330. The first-order chi connectivity index (χ1) is 14.5. The number of nitro benzene ring substituents is 1. The van der Waals surface area contributed by atoms with E-state index in [2.05, 4.69) is 27.9 Å². The average Bonchev–Trinajstić information content (AvgIpc) is 2.72. The van der Waals surface area contributed by atoms with Crippen molar-refractivity contribution < 1.29 is 18.8 Å². The van der Waals surface area contributed by atoms with Crippen molar-refractivity contribution in [1.82, 2.24) is 0 Å². The average molecular weight is 522 g/mol. The van der Waals surface area contributed by atoms with Gasteiger partial charge in [-0.05, 0) is 71.0 Å². The summed E-state index contributed by atoms with van der Waals surface area (Å²) >= 11 is 2.17. The zero-order chi connectivity index (χ0) is 21.5. The van der Waals surface area contributed by atoms with Gasteiger partial charge in [-0.3, -0.25) is 10.1 Å². The Morgan fingerprint density at radius 1 is 1.07 bits per heavy atom. The number of hydrogen-bond acceptors (Lipinski definition) is 5. The lowest BCUT2D eigenvalue weighted by molar-refractivity contribution is -0.384. The number of halogens is 2. The number of non-ortho nitro benzene ring substituents is 1. The van der Waals surface area contributed by atoms with Crippen molar-refractivity contribution in [3.05, 3.63) is 91.3 Å². The van der Waals surface area contributed by atoms with Crippen LogP contribution in [0.2, 0.25) is 0 Å². The van der Waals surface area contributed by atoms with E-state index in [9.17, 15) is 14.5 Å². The van der Waals surface area contributed by atoms with E-state index in [1.54, 1.807) is 24.3 Å². The molecule has 0 aliphatic carbocycles. The summed E-state index contributed by atoms with van der Waals surface area (Å²) < 4.78 is 25.9. The van der Waals surface area contributed by atoms with Gasteiger partial charge in [0, 0.05) is 24.4 Å². The van der Waals surface area contributed by atoms with Crippen molar-refractivity contribution in [2.75, 3.05) is 11.9 Å². The number of anilines is 1. The van der Waals surface area contributed by atoms with Crippen LogP contribution in [0.5, 0.6) is 11.5 Å². The Morgan fingerprint density at radius 2 is 1.87 bits per heavy atom. The van der Waals surface area contributed by atoms with Crippen molar-refractivity contribution >= 4 is 34.0 Å². The molecule has 0 unspecified atom stereocenters. The third kappa shape index (κ3) is 5.82. The molecule has 0 atom stereocenters. The molecule has 0 amide bonds. The zero-order valence-corrected chi connectivity index (χ0v) is 18.4. The highest BCUT2D eigenvalue weighted by Crippen LogP contribution is 2.35. The Balaban J connectivity index is 1.75. The van der Waals surface area contributed by atoms with E-state index in [0.717, 1.165) is 14.7 Å². The number of nitrogens with zero attached hydrogens (tertiary/aromatic N) is 1. The van der Waals surface area contributed by atoms with E-state index in [4.69, 9.17) is 9.47 Å². The van der Waals surface area contributed by atoms with Crippen LogP contribution in [0.3, 0.4) is 0 Å². The van der Waals surface area contributed by atoms with E-state index >= 15 is 0 Å². The summed E-state index contributed by atoms with van der Waals surface area (Å²) in [5.41, 5.74) is 2.35. The van der Waals surface area contributed by atoms with Crippen LogP contribution in [-0.4, -0.2) is 11.5 Å². The molecule has 0 spiro atoms. The lowest BCUT2D eigenvalue weighted by atomic mass is 10.2. The highest BCUT2D eigenvalue weighted by Gasteiger charge is 2.13. The van der Waals surface area contributed by atoms with Gasteiger partial charge in [0.2, 0.25) is 0 Å². The fourth-order valence-corrected chi connectivity index (χ4v) is 3.66. The number of rotatable bonds is 9. The van der Waals surface area contributed by atoms with Crippen LogP contribution < -0.4 is 14.8 Å². The molecule has 156 valence electrons. The topological polar surface area (TPSA) is 73.6 Å². The fraction of sp³-hybridized carbons (Fsp3) is 0.182. The number of nitrogens with one attached hydrogen (secondary N) is 1. The minimum Gasteiger partial charge on any atom is -0.490 e. The predicted octanol–water partition coefficient (Wildman–Crippen LogP) is 5.93. The third-order valence-corrected chi connectivity index (χ3v) is 5.00. The first-order valence-corrected chi connectivity index (χ1v) is 10.3. The number of ether oxygens (including phenoxy) is 2. The van der Waals surface area contributed by atoms with Crippen LogP contribution in [-0.2, 0) is 13.2 Å². The second-order valence-electron chi connectivity index (χ2n) is 6.42. The molecule has 3 aromatic carbocycles. The Morgan fingerprint density at radius 3 is 2.60 bits per heavy atom. The largest absolute Gasteiger partial charge is 0.490 e. The zero-order valence-electron chi connectivity index (χ0n) is 16.2. The molecule has 0 aromatic heterocycles. The van der Waals surface area contributed by atoms with Gasteiger partial charge in [-0.1, -0.05) is 18.2 Å². The fourth-order valence-electron chi connectivity index (χ4n) is 2.84. The van der Waals surface area contributed by atoms with Crippen molar-refractivity contribution in [1.29, 1.82) is 0 Å². The molecule has 3 aromatic rings. The second-order valence-corrected chi connectivity index (χ2v) is 7.58. The molecule has 0 fully saturated rings. The quantitative estimate of drug-likeness (QED) is 0.214. The summed E-state index contributed by atoms with van der Waals surface area (Å²) in [5.74, 6) is 0.885. The SMILES string of the molecule is CCOc1cc(CNc2cccc([N+](=O)[O-])c2)cc(I)c1OCc1cccc(F)c1. The van der Waals surface area contributed by atoms with Gasteiger partial charge in [0.05, 0.1) is 15.1 Å². The first kappa shape index (κ1) is 21.8. The highest BCUT2D eigenvalue weighted by atomic mass is 127. The van der Waals surface area contributed by atoms with E-state index in [1.165, 1.54) is 24.3 Å². The Labute approximate surface area is 187 Å². The molecule has 0 aliphatic heterocycles. The molecule has 1 N–H and O–H groups in total. The molecule has 0 heterocycles. The second kappa shape index (κ2) is 10.2. The summed E-state index contributed by atoms with van der Waals surface area (Å²) in [6.07, 6.45) is 0. The summed E-state index contributed by atoms with van der Waals surface area (Å²) in [6, 6.07) is 16.4. The minimum atomic E-state index is -0.425. The standard InChI is InChI=1S/C22H20FIN2O4/c1-2-29-21-11-16(13-25-18-7-4-8-19(12-18)26(27)28)10-20(24)22(21)30-14-15-5-3-6-17(23)9-15/h3-12,25H,2,13-14H2,1H3. The lowest BCUT2D eigenvalue weighted by Gasteiger charge is -2.16. The van der Waals surface area contributed by atoms with Gasteiger partial charge in [-0.15, -0.1) is 0 Å². The van der Waals surface area contributed by atoms with Gasteiger partial charge in [0.15, 0.2) is 11.5 Å². The molecule has 6 nitrogen and oxygen atoms in total. The number of benzene rings is 3. The van der Waals surface area contributed by atoms with Crippen LogP contribution >= 0.6 is 22.6 Å². The van der Waals surface area contributed by atoms with Crippen LogP contribution in [0, 0.1) is 19.5 Å². The Kier molecular flexibility index (Phi) is 7.45. The monoisotopic (exact) mass is 522 g/mol. The number of hydrogen-bond donors (Lipinski definition) is 1. The summed E-state index contributed by atoms with van der Waals surface area (Å²) in [7, 11) is 0. The molecule has 0 saturated heterocycles. The summed E-state index contributed by atoms with van der Waals surface area (Å²) in [6.45, 7) is 3.03. The molecular weight excluding hydrogens is 502 g/mol. The molecule has 8 heteroatoms. The molecule has 0 aliphatic rings. The van der Waals surface area contributed by atoms with Crippen molar-refractivity contribution in [2.24, 2.45) is 0 Å². The first-order valence-electron chi connectivity index (χ1n) is 9.27. The van der Waals surface area contributed by atoms with Crippen molar-refractivity contribution in [3.8, 4) is 11.5 Å². The van der Waals surface area contributed by atoms with Crippen molar-refractivity contribution in [3.63, 3.8) is 0 Å². The summed E-state index contributed by atoms with van der Waals surface area (Å²) in [4.78, 5) is 10.5. The normalized spacial score (nSPS) is 10.5. The maximum atomic E-state index is 13.4. The van der Waals surface area contributed by atoms with Crippen LogP contribution in [0.25, 0.3) is 0 Å². The maximum absolute atomic E-state index is 13.4. The smallest absolute Gasteiger partial charge is 0.271 e. The third-order valence-electron chi connectivity index (χ3n) is 4.19. The molecule has 0 saturated carbocycles. The Hall–Kier alpha value is -2.88. The van der Waals surface area contributed by atoms with E-state index in [-0.39, 0.29) is 18.1 Å². The van der Waals surface area contributed by atoms with Gasteiger partial charge in [0.25, 0.3) is 5.69 Å². The molecular formula is C22H20FIN2O4. The lowest BCUT2D eigenvalue weighted by Crippen LogP contribution is -2.05. The van der Waals surface area contributed by atoms with Gasteiger partial charge in [-0.25, -0.2) is 4.39 Å². The Bertz CT molecular complexity index is 1050. The molecule has 0 radical (unpaired) electrons. The predicted molar refractivity (Wildman–Crippen MR) is 121 cm³/mol. The maximum Gasteiger partial charge on any atom is 0.271 e.